The first-order valence-electron chi connectivity index (χ1n) is 10.9. The molecule has 1 aromatic heterocycles. The maximum absolute atomic E-state index is 13.1. The van der Waals surface area contributed by atoms with Gasteiger partial charge in [-0.25, -0.2) is 4.98 Å². The molecule has 3 aromatic rings. The minimum absolute atomic E-state index is 0.00764. The van der Waals surface area contributed by atoms with Gasteiger partial charge in [0.15, 0.2) is 5.13 Å². The molecule has 33 heavy (non-hydrogen) atoms. The number of fused-ring (bicyclic) bond motifs is 1. The van der Waals surface area contributed by atoms with Crippen LogP contribution in [0.2, 0.25) is 0 Å². The molecule has 1 aliphatic heterocycles. The third-order valence-electron chi connectivity index (χ3n) is 5.95. The SMILES string of the molecule is CC[C@@H]1CN(Cc2cc(C)cc(CC(=O)O)c2)CCN1c1nc2ccc(C(F)(F)F)cc2s1. The van der Waals surface area contributed by atoms with Crippen molar-refractivity contribution in [3.63, 3.8) is 0 Å². The minimum atomic E-state index is -4.37. The van der Waals surface area contributed by atoms with Crippen molar-refractivity contribution in [2.45, 2.75) is 45.5 Å². The average Bonchev–Trinajstić information content (AvgIpc) is 3.15. The number of nitrogens with zero attached hydrogens (tertiary/aromatic N) is 3. The quantitative estimate of drug-likeness (QED) is 0.519. The highest BCUT2D eigenvalue weighted by Gasteiger charge is 2.32. The van der Waals surface area contributed by atoms with Crippen molar-refractivity contribution in [1.82, 2.24) is 9.88 Å². The van der Waals surface area contributed by atoms with Gasteiger partial charge in [-0.15, -0.1) is 0 Å². The van der Waals surface area contributed by atoms with Crippen LogP contribution < -0.4 is 4.90 Å². The highest BCUT2D eigenvalue weighted by atomic mass is 32.1. The summed E-state index contributed by atoms with van der Waals surface area (Å²) in [4.78, 5) is 20.3. The van der Waals surface area contributed by atoms with Crippen LogP contribution in [0.25, 0.3) is 10.2 Å². The molecule has 0 unspecified atom stereocenters. The van der Waals surface area contributed by atoms with Crippen LogP contribution in [0.5, 0.6) is 0 Å². The fraction of sp³-hybridized carbons (Fsp3) is 0.417. The van der Waals surface area contributed by atoms with Gasteiger partial charge >= 0.3 is 12.1 Å². The summed E-state index contributed by atoms with van der Waals surface area (Å²) in [5.74, 6) is -0.843. The van der Waals surface area contributed by atoms with E-state index in [1.54, 1.807) is 0 Å². The number of benzene rings is 2. The number of aryl methyl sites for hydroxylation is 1. The summed E-state index contributed by atoms with van der Waals surface area (Å²) in [6.45, 7) is 7.14. The molecule has 1 atom stereocenters. The number of thiazole rings is 1. The van der Waals surface area contributed by atoms with E-state index in [4.69, 9.17) is 5.11 Å². The Balaban J connectivity index is 1.49. The number of piperazine rings is 1. The van der Waals surface area contributed by atoms with Gasteiger partial charge in [0.1, 0.15) is 0 Å². The van der Waals surface area contributed by atoms with E-state index in [1.165, 1.54) is 23.5 Å². The number of carboxylic acids is 1. The van der Waals surface area contributed by atoms with Gasteiger partial charge in [-0.05, 0) is 42.7 Å². The summed E-state index contributed by atoms with van der Waals surface area (Å²) in [5, 5.41) is 9.86. The van der Waals surface area contributed by atoms with E-state index in [0.717, 1.165) is 60.5 Å². The Bertz CT molecular complexity index is 1160. The van der Waals surface area contributed by atoms with Gasteiger partial charge in [0.05, 0.1) is 22.2 Å². The van der Waals surface area contributed by atoms with Crippen molar-refractivity contribution in [1.29, 1.82) is 0 Å². The van der Waals surface area contributed by atoms with Crippen LogP contribution in [-0.4, -0.2) is 46.6 Å². The maximum Gasteiger partial charge on any atom is 0.416 e. The van der Waals surface area contributed by atoms with Crippen molar-refractivity contribution in [2.24, 2.45) is 0 Å². The predicted molar refractivity (Wildman–Crippen MR) is 124 cm³/mol. The lowest BCUT2D eigenvalue weighted by Gasteiger charge is -2.41. The van der Waals surface area contributed by atoms with Gasteiger partial charge in [-0.1, -0.05) is 42.0 Å². The van der Waals surface area contributed by atoms with Crippen LogP contribution >= 0.6 is 11.3 Å². The van der Waals surface area contributed by atoms with E-state index >= 15 is 0 Å². The number of aliphatic carboxylic acids is 1. The van der Waals surface area contributed by atoms with E-state index in [2.05, 4.69) is 27.8 Å². The lowest BCUT2D eigenvalue weighted by atomic mass is 10.0. The molecule has 2 aromatic carbocycles. The number of carboxylic acid groups (broad SMARTS) is 1. The zero-order valence-corrected chi connectivity index (χ0v) is 19.3. The standard InChI is InChI=1S/C24H26F3N3O2S/c1-3-19-14-29(13-17-9-15(2)8-16(10-17)11-22(31)32)6-7-30(19)23-28-20-5-4-18(24(25,26)27)12-21(20)33-23/h4-5,8-10,12,19H,3,6-7,11,13-14H2,1-2H3,(H,31,32)/t19-/m1/s1. The first-order valence-corrected chi connectivity index (χ1v) is 11.7. The lowest BCUT2D eigenvalue weighted by molar-refractivity contribution is -0.138. The molecule has 176 valence electrons. The molecule has 0 spiro atoms. The fourth-order valence-corrected chi connectivity index (χ4v) is 5.55. The third kappa shape index (κ3) is 5.47. The van der Waals surface area contributed by atoms with E-state index in [0.29, 0.717) is 10.2 Å². The van der Waals surface area contributed by atoms with Gasteiger partial charge in [-0.3, -0.25) is 9.69 Å². The summed E-state index contributed by atoms with van der Waals surface area (Å²) in [5.41, 5.74) is 2.88. The predicted octanol–water partition coefficient (Wildman–Crippen LogP) is 5.35. The molecular formula is C24H26F3N3O2S. The number of anilines is 1. The van der Waals surface area contributed by atoms with E-state index in [9.17, 15) is 18.0 Å². The second kappa shape index (κ2) is 9.30. The Morgan fingerprint density at radius 3 is 2.64 bits per heavy atom. The number of rotatable bonds is 6. The smallest absolute Gasteiger partial charge is 0.416 e. The maximum atomic E-state index is 13.1. The van der Waals surface area contributed by atoms with Crippen LogP contribution in [0.1, 0.15) is 35.6 Å². The van der Waals surface area contributed by atoms with Gasteiger partial charge < -0.3 is 10.0 Å². The molecule has 4 rings (SSSR count). The first-order chi connectivity index (χ1) is 15.6. The van der Waals surface area contributed by atoms with Crippen LogP contribution in [0.3, 0.4) is 0 Å². The van der Waals surface area contributed by atoms with Gasteiger partial charge in [0.2, 0.25) is 0 Å². The number of aromatic nitrogens is 1. The molecular weight excluding hydrogens is 451 g/mol. The van der Waals surface area contributed by atoms with Gasteiger partial charge in [0, 0.05) is 32.2 Å². The summed E-state index contributed by atoms with van der Waals surface area (Å²) in [6, 6.07) is 9.86. The minimum Gasteiger partial charge on any atom is -0.481 e. The summed E-state index contributed by atoms with van der Waals surface area (Å²) < 4.78 is 39.7. The number of carbonyl (C=O) groups is 1. The molecule has 1 N–H and O–H groups in total. The van der Waals surface area contributed by atoms with E-state index in [1.807, 2.05) is 19.1 Å². The molecule has 9 heteroatoms. The van der Waals surface area contributed by atoms with Crippen molar-refractivity contribution < 1.29 is 23.1 Å². The number of alkyl halides is 3. The number of hydrogen-bond donors (Lipinski definition) is 1. The van der Waals surface area contributed by atoms with Crippen LogP contribution in [-0.2, 0) is 23.9 Å². The van der Waals surface area contributed by atoms with Crippen LogP contribution in [0, 0.1) is 6.92 Å². The number of halogens is 3. The zero-order valence-electron chi connectivity index (χ0n) is 18.5. The zero-order chi connectivity index (χ0) is 23.8. The topological polar surface area (TPSA) is 56.7 Å². The molecule has 2 heterocycles. The largest absolute Gasteiger partial charge is 0.481 e. The normalized spacial score (nSPS) is 17.6. The summed E-state index contributed by atoms with van der Waals surface area (Å²) >= 11 is 1.31. The van der Waals surface area contributed by atoms with Gasteiger partial charge in [0.25, 0.3) is 0 Å². The van der Waals surface area contributed by atoms with Crippen LogP contribution in [0.4, 0.5) is 18.3 Å². The molecule has 0 amide bonds. The van der Waals surface area contributed by atoms with Crippen LogP contribution in [0.15, 0.2) is 36.4 Å². The lowest BCUT2D eigenvalue weighted by Crippen LogP contribution is -2.52. The van der Waals surface area contributed by atoms with Crippen molar-refractivity contribution in [3.05, 3.63) is 58.7 Å². The molecule has 1 fully saturated rings. The van der Waals surface area contributed by atoms with Crippen molar-refractivity contribution in [2.75, 3.05) is 24.5 Å². The molecule has 1 aliphatic rings. The third-order valence-corrected chi connectivity index (χ3v) is 7.00. The Kier molecular flexibility index (Phi) is 6.63. The van der Waals surface area contributed by atoms with E-state index in [-0.39, 0.29) is 12.5 Å². The average molecular weight is 478 g/mol. The summed E-state index contributed by atoms with van der Waals surface area (Å²) in [6.07, 6.45) is -3.47. The number of hydrogen-bond acceptors (Lipinski definition) is 5. The summed E-state index contributed by atoms with van der Waals surface area (Å²) in [7, 11) is 0. The Morgan fingerprint density at radius 1 is 1.18 bits per heavy atom. The van der Waals surface area contributed by atoms with Crippen molar-refractivity contribution in [3.8, 4) is 0 Å². The monoisotopic (exact) mass is 477 g/mol. The second-order valence-corrected chi connectivity index (χ2v) is 9.57. The molecule has 0 radical (unpaired) electrons. The molecule has 0 aliphatic carbocycles. The second-order valence-electron chi connectivity index (χ2n) is 8.56. The highest BCUT2D eigenvalue weighted by molar-refractivity contribution is 7.22. The Labute approximate surface area is 194 Å². The molecule has 1 saturated heterocycles. The first kappa shape index (κ1) is 23.5. The van der Waals surface area contributed by atoms with E-state index < -0.39 is 17.7 Å². The highest BCUT2D eigenvalue weighted by Crippen LogP contribution is 2.36. The Hall–Kier alpha value is -2.65. The Morgan fingerprint density at radius 2 is 1.94 bits per heavy atom. The molecule has 0 saturated carbocycles. The molecule has 0 bridgehead atoms. The molecule has 5 nitrogen and oxygen atoms in total. The van der Waals surface area contributed by atoms with Crippen molar-refractivity contribution >= 4 is 32.7 Å². The fourth-order valence-electron chi connectivity index (χ4n) is 4.45. The van der Waals surface area contributed by atoms with Gasteiger partial charge in [-0.2, -0.15) is 13.2 Å².